The summed E-state index contributed by atoms with van der Waals surface area (Å²) in [7, 11) is 0. The first kappa shape index (κ1) is 14.3. The quantitative estimate of drug-likeness (QED) is 0.670. The number of carbonyl (C=O) groups excluding carboxylic acids is 1. The number of carbonyl (C=O) groups is 1. The number of halogens is 1. The minimum atomic E-state index is -0.559. The zero-order valence-electron chi connectivity index (χ0n) is 11.4. The van der Waals surface area contributed by atoms with E-state index in [1.54, 1.807) is 4.90 Å². The Morgan fingerprint density at radius 1 is 1.33 bits per heavy atom. The van der Waals surface area contributed by atoms with Crippen molar-refractivity contribution in [2.45, 2.75) is 43.8 Å². The normalized spacial score (nSPS) is 27.7. The summed E-state index contributed by atoms with van der Waals surface area (Å²) in [5, 5.41) is 11.4. The van der Waals surface area contributed by atoms with Crippen LogP contribution < -0.4 is 5.73 Å². The van der Waals surface area contributed by atoms with Crippen LogP contribution in [0.25, 0.3) is 0 Å². The van der Waals surface area contributed by atoms with Gasteiger partial charge in [0, 0.05) is 29.2 Å². The third kappa shape index (κ3) is 2.49. The van der Waals surface area contributed by atoms with E-state index in [0.29, 0.717) is 0 Å². The standard InChI is InChI=1S/C14H16ClN3O3/c15-8-1-4-12(13(5-8)18(20)21)14(19)17-10-2-3-11(17)7-9(16)6-10/h1,4-5,9-11H,2-3,6-7,16H2. The molecule has 7 heteroatoms. The van der Waals surface area contributed by atoms with E-state index in [2.05, 4.69) is 0 Å². The van der Waals surface area contributed by atoms with E-state index < -0.39 is 4.92 Å². The molecule has 2 aliphatic heterocycles. The van der Waals surface area contributed by atoms with E-state index in [0.717, 1.165) is 25.7 Å². The van der Waals surface area contributed by atoms with Crippen LogP contribution in [0.1, 0.15) is 36.0 Å². The summed E-state index contributed by atoms with van der Waals surface area (Å²) in [5.74, 6) is -0.280. The largest absolute Gasteiger partial charge is 0.332 e. The number of nitro benzene ring substituents is 1. The van der Waals surface area contributed by atoms with Crippen LogP contribution >= 0.6 is 11.6 Å². The van der Waals surface area contributed by atoms with Gasteiger partial charge in [-0.15, -0.1) is 0 Å². The molecule has 112 valence electrons. The molecule has 2 aliphatic rings. The van der Waals surface area contributed by atoms with E-state index in [-0.39, 0.29) is 40.3 Å². The lowest BCUT2D eigenvalue weighted by atomic mass is 9.97. The second-order valence-corrected chi connectivity index (χ2v) is 6.18. The number of amides is 1. The van der Waals surface area contributed by atoms with Gasteiger partial charge in [0.1, 0.15) is 5.56 Å². The average molecular weight is 310 g/mol. The first-order valence-electron chi connectivity index (χ1n) is 6.99. The van der Waals surface area contributed by atoms with Crippen LogP contribution in [0.3, 0.4) is 0 Å². The minimum Gasteiger partial charge on any atom is -0.332 e. The zero-order valence-corrected chi connectivity index (χ0v) is 12.1. The summed E-state index contributed by atoms with van der Waals surface area (Å²) < 4.78 is 0. The van der Waals surface area contributed by atoms with Crippen molar-refractivity contribution in [3.8, 4) is 0 Å². The summed E-state index contributed by atoms with van der Waals surface area (Å²) in [4.78, 5) is 25.1. The highest BCUT2D eigenvalue weighted by molar-refractivity contribution is 6.31. The molecule has 0 aliphatic carbocycles. The van der Waals surface area contributed by atoms with Gasteiger partial charge < -0.3 is 10.6 Å². The molecule has 0 saturated carbocycles. The lowest BCUT2D eigenvalue weighted by Gasteiger charge is -2.37. The smallest absolute Gasteiger partial charge is 0.283 e. The topological polar surface area (TPSA) is 89.5 Å². The van der Waals surface area contributed by atoms with Gasteiger partial charge in [0.05, 0.1) is 4.92 Å². The van der Waals surface area contributed by atoms with Crippen molar-refractivity contribution in [1.82, 2.24) is 4.90 Å². The van der Waals surface area contributed by atoms with Crippen molar-refractivity contribution in [1.29, 1.82) is 0 Å². The molecule has 3 rings (SSSR count). The van der Waals surface area contributed by atoms with Crippen molar-refractivity contribution < 1.29 is 9.72 Å². The predicted molar refractivity (Wildman–Crippen MR) is 78.3 cm³/mol. The summed E-state index contributed by atoms with van der Waals surface area (Å²) >= 11 is 5.79. The number of nitrogens with zero attached hydrogens (tertiary/aromatic N) is 2. The molecule has 0 aromatic heterocycles. The van der Waals surface area contributed by atoms with Gasteiger partial charge in [-0.1, -0.05) is 11.6 Å². The summed E-state index contributed by atoms with van der Waals surface area (Å²) in [6.07, 6.45) is 3.38. The third-order valence-electron chi connectivity index (χ3n) is 4.39. The van der Waals surface area contributed by atoms with Gasteiger partial charge in [-0.05, 0) is 37.8 Å². The zero-order chi connectivity index (χ0) is 15.1. The second kappa shape index (κ2) is 5.27. The molecule has 1 aromatic carbocycles. The molecular weight excluding hydrogens is 294 g/mol. The van der Waals surface area contributed by atoms with E-state index in [4.69, 9.17) is 17.3 Å². The molecule has 2 atom stereocenters. The highest BCUT2D eigenvalue weighted by Crippen LogP contribution is 2.37. The van der Waals surface area contributed by atoms with Crippen LogP contribution in [-0.4, -0.2) is 33.9 Å². The summed E-state index contributed by atoms with van der Waals surface area (Å²) in [6.45, 7) is 0. The number of hydrogen-bond donors (Lipinski definition) is 1. The number of fused-ring (bicyclic) bond motifs is 2. The van der Waals surface area contributed by atoms with Gasteiger partial charge in [0.2, 0.25) is 0 Å². The number of nitrogens with two attached hydrogens (primary N) is 1. The molecular formula is C14H16ClN3O3. The van der Waals surface area contributed by atoms with Crippen molar-refractivity contribution in [2.75, 3.05) is 0 Å². The van der Waals surface area contributed by atoms with Crippen LogP contribution in [0.5, 0.6) is 0 Å². The molecule has 6 nitrogen and oxygen atoms in total. The van der Waals surface area contributed by atoms with Crippen molar-refractivity contribution in [3.63, 3.8) is 0 Å². The molecule has 2 heterocycles. The fraction of sp³-hybridized carbons (Fsp3) is 0.500. The Labute approximate surface area is 127 Å². The molecule has 2 unspecified atom stereocenters. The summed E-state index contributed by atoms with van der Waals surface area (Å²) in [6, 6.07) is 4.50. The van der Waals surface area contributed by atoms with E-state index in [1.165, 1.54) is 18.2 Å². The first-order valence-corrected chi connectivity index (χ1v) is 7.37. The predicted octanol–water partition coefficient (Wildman–Crippen LogP) is 2.34. The molecule has 2 fully saturated rings. The maximum Gasteiger partial charge on any atom is 0.283 e. The highest BCUT2D eigenvalue weighted by atomic mass is 35.5. The molecule has 2 N–H and O–H groups in total. The molecule has 1 aromatic rings. The van der Waals surface area contributed by atoms with Gasteiger partial charge in [-0.2, -0.15) is 0 Å². The Morgan fingerprint density at radius 2 is 1.95 bits per heavy atom. The lowest BCUT2D eigenvalue weighted by Crippen LogP contribution is -2.50. The van der Waals surface area contributed by atoms with Gasteiger partial charge in [0.15, 0.2) is 0 Å². The van der Waals surface area contributed by atoms with Crippen LogP contribution in [0, 0.1) is 10.1 Å². The Bertz CT molecular complexity index is 593. The molecule has 1 amide bonds. The maximum atomic E-state index is 12.7. The van der Waals surface area contributed by atoms with Crippen molar-refractivity contribution in [2.24, 2.45) is 5.73 Å². The van der Waals surface area contributed by atoms with Gasteiger partial charge in [0.25, 0.3) is 11.6 Å². The van der Waals surface area contributed by atoms with E-state index in [9.17, 15) is 14.9 Å². The van der Waals surface area contributed by atoms with Gasteiger partial charge >= 0.3 is 0 Å². The molecule has 0 radical (unpaired) electrons. The first-order chi connectivity index (χ1) is 9.97. The number of hydrogen-bond acceptors (Lipinski definition) is 4. The van der Waals surface area contributed by atoms with Crippen molar-refractivity contribution >= 4 is 23.2 Å². The highest BCUT2D eigenvalue weighted by Gasteiger charge is 2.43. The number of nitro groups is 1. The monoisotopic (exact) mass is 309 g/mol. The van der Waals surface area contributed by atoms with Crippen molar-refractivity contribution in [3.05, 3.63) is 38.9 Å². The fourth-order valence-electron chi connectivity index (χ4n) is 3.53. The maximum absolute atomic E-state index is 12.7. The lowest BCUT2D eigenvalue weighted by molar-refractivity contribution is -0.385. The number of piperidine rings is 1. The van der Waals surface area contributed by atoms with Crippen LogP contribution in [0.4, 0.5) is 5.69 Å². The SMILES string of the molecule is NC1CC2CCC(C1)N2C(=O)c1ccc(Cl)cc1[N+](=O)[O-]. The van der Waals surface area contributed by atoms with Crippen LogP contribution in [-0.2, 0) is 0 Å². The molecule has 21 heavy (non-hydrogen) atoms. The molecule has 2 bridgehead atoms. The Kier molecular flexibility index (Phi) is 3.59. The number of rotatable bonds is 2. The fourth-order valence-corrected chi connectivity index (χ4v) is 3.69. The number of benzene rings is 1. The van der Waals surface area contributed by atoms with Gasteiger partial charge in [-0.25, -0.2) is 0 Å². The Balaban J connectivity index is 1.95. The molecule has 0 spiro atoms. The average Bonchev–Trinajstić information content (AvgIpc) is 2.70. The van der Waals surface area contributed by atoms with E-state index >= 15 is 0 Å². The third-order valence-corrected chi connectivity index (χ3v) is 4.63. The Hall–Kier alpha value is -1.66. The molecule has 2 saturated heterocycles. The second-order valence-electron chi connectivity index (χ2n) is 5.75. The minimum absolute atomic E-state index is 0.0986. The Morgan fingerprint density at radius 3 is 2.52 bits per heavy atom. The van der Waals surface area contributed by atoms with Gasteiger partial charge in [-0.3, -0.25) is 14.9 Å². The van der Waals surface area contributed by atoms with Crippen LogP contribution in [0.2, 0.25) is 5.02 Å². The summed E-state index contributed by atoms with van der Waals surface area (Å²) in [5.41, 5.74) is 5.86. The van der Waals surface area contributed by atoms with Crippen LogP contribution in [0.15, 0.2) is 18.2 Å². The van der Waals surface area contributed by atoms with E-state index in [1.807, 2.05) is 0 Å².